The molecular weight excluding hydrogens is 334 g/mol. The van der Waals surface area contributed by atoms with Crippen LogP contribution in [0, 0.1) is 0 Å². The van der Waals surface area contributed by atoms with Crippen molar-refractivity contribution in [3.05, 3.63) is 17.0 Å². The molecule has 1 aromatic rings. The zero-order chi connectivity index (χ0) is 14.6. The molecule has 1 fully saturated rings. The molecule has 1 unspecified atom stereocenters. The normalized spacial score (nSPS) is 18.8. The second kappa shape index (κ2) is 8.09. The number of carbonyl (C=O) groups excluding carboxylic acids is 1. The summed E-state index contributed by atoms with van der Waals surface area (Å²) >= 11 is 1.17. The van der Waals surface area contributed by atoms with Crippen LogP contribution in [0.15, 0.2) is 16.3 Å². The van der Waals surface area contributed by atoms with Crippen molar-refractivity contribution in [1.82, 2.24) is 15.4 Å². The summed E-state index contributed by atoms with van der Waals surface area (Å²) < 4.78 is 25.7. The maximum Gasteiger partial charge on any atom is 0.249 e. The maximum atomic E-state index is 11.9. The summed E-state index contributed by atoms with van der Waals surface area (Å²) in [6, 6.07) is 3.16. The summed E-state index contributed by atoms with van der Waals surface area (Å²) in [5, 5.41) is 6.02. The van der Waals surface area contributed by atoms with Gasteiger partial charge in [-0.25, -0.2) is 13.1 Å². The Morgan fingerprint density at radius 1 is 1.43 bits per heavy atom. The van der Waals surface area contributed by atoms with Gasteiger partial charge in [-0.2, -0.15) is 0 Å². The Hall–Kier alpha value is -0.670. The van der Waals surface area contributed by atoms with Gasteiger partial charge < -0.3 is 10.6 Å². The van der Waals surface area contributed by atoms with Gasteiger partial charge in [-0.05, 0) is 38.6 Å². The molecule has 3 N–H and O–H groups in total. The van der Waals surface area contributed by atoms with E-state index in [2.05, 4.69) is 15.4 Å². The number of hydrogen-bond acceptors (Lipinski definition) is 5. The van der Waals surface area contributed by atoms with Crippen molar-refractivity contribution in [2.24, 2.45) is 0 Å². The quantitative estimate of drug-likeness (QED) is 0.732. The molecule has 0 radical (unpaired) electrons. The first-order valence-corrected chi connectivity index (χ1v) is 8.86. The van der Waals surface area contributed by atoms with Crippen molar-refractivity contribution in [1.29, 1.82) is 0 Å². The summed E-state index contributed by atoms with van der Waals surface area (Å²) in [4.78, 5) is 12.8. The van der Waals surface area contributed by atoms with Crippen LogP contribution in [0.5, 0.6) is 0 Å². The average Bonchev–Trinajstić information content (AvgIpc) is 2.95. The Morgan fingerprint density at radius 2 is 2.19 bits per heavy atom. The fourth-order valence-corrected chi connectivity index (χ4v) is 4.20. The maximum absolute atomic E-state index is 11.9. The van der Waals surface area contributed by atoms with Crippen molar-refractivity contribution in [3.8, 4) is 0 Å². The van der Waals surface area contributed by atoms with Crippen LogP contribution in [0.2, 0.25) is 0 Å². The largest absolute Gasteiger partial charge is 0.350 e. The number of amides is 1. The summed E-state index contributed by atoms with van der Waals surface area (Å²) in [5.74, 6) is -0.0175. The highest BCUT2D eigenvalue weighted by molar-refractivity contribution is 7.91. The average molecular weight is 354 g/mol. The van der Waals surface area contributed by atoms with Crippen molar-refractivity contribution in [2.45, 2.75) is 36.1 Å². The van der Waals surface area contributed by atoms with Crippen molar-refractivity contribution < 1.29 is 13.2 Å². The molecule has 0 spiro atoms. The Balaban J connectivity index is 0.00000220. The zero-order valence-electron chi connectivity index (χ0n) is 11.7. The monoisotopic (exact) mass is 353 g/mol. The van der Waals surface area contributed by atoms with Crippen LogP contribution in [0.3, 0.4) is 0 Å². The van der Waals surface area contributed by atoms with Gasteiger partial charge in [0.2, 0.25) is 15.9 Å². The van der Waals surface area contributed by atoms with Gasteiger partial charge in [-0.1, -0.05) is 6.42 Å². The lowest BCUT2D eigenvalue weighted by Gasteiger charge is -2.22. The third kappa shape index (κ3) is 4.93. The SMILES string of the molecule is CNS(=O)(=O)c1ccc(CNC(=O)C2CCCCN2)s1.Cl. The second-order valence-corrected chi connectivity index (χ2v) is 7.93. The van der Waals surface area contributed by atoms with E-state index in [1.165, 1.54) is 18.4 Å². The summed E-state index contributed by atoms with van der Waals surface area (Å²) in [5.41, 5.74) is 0. The Kier molecular flexibility index (Phi) is 7.08. The van der Waals surface area contributed by atoms with E-state index < -0.39 is 10.0 Å². The molecule has 1 amide bonds. The number of piperidine rings is 1. The molecule has 120 valence electrons. The number of hydrogen-bond donors (Lipinski definition) is 3. The molecular formula is C12H20ClN3O3S2. The Bertz CT molecular complexity index is 568. The third-order valence-corrected chi connectivity index (χ3v) is 6.23. The van der Waals surface area contributed by atoms with Gasteiger partial charge in [0.1, 0.15) is 4.21 Å². The predicted octanol–water partition coefficient (Wildman–Crippen LogP) is 0.836. The molecule has 0 aliphatic carbocycles. The topological polar surface area (TPSA) is 87.3 Å². The van der Waals surface area contributed by atoms with Crippen LogP contribution in [-0.2, 0) is 21.4 Å². The molecule has 6 nitrogen and oxygen atoms in total. The molecule has 2 rings (SSSR count). The molecule has 0 bridgehead atoms. The molecule has 0 aromatic carbocycles. The first-order valence-electron chi connectivity index (χ1n) is 6.56. The van der Waals surface area contributed by atoms with E-state index >= 15 is 0 Å². The van der Waals surface area contributed by atoms with Crippen molar-refractivity contribution >= 4 is 39.7 Å². The Labute approximate surface area is 135 Å². The zero-order valence-corrected chi connectivity index (χ0v) is 14.2. The van der Waals surface area contributed by atoms with Crippen LogP contribution >= 0.6 is 23.7 Å². The van der Waals surface area contributed by atoms with Crippen LogP contribution in [-0.4, -0.2) is 34.0 Å². The molecule has 21 heavy (non-hydrogen) atoms. The lowest BCUT2D eigenvalue weighted by Crippen LogP contribution is -2.46. The number of rotatable bonds is 5. The van der Waals surface area contributed by atoms with Gasteiger partial charge in [-0.15, -0.1) is 23.7 Å². The molecule has 9 heteroatoms. The van der Waals surface area contributed by atoms with E-state index in [0.29, 0.717) is 6.54 Å². The van der Waals surface area contributed by atoms with Crippen LogP contribution in [0.25, 0.3) is 0 Å². The van der Waals surface area contributed by atoms with Gasteiger partial charge >= 0.3 is 0 Å². The first kappa shape index (κ1) is 18.4. The standard InChI is InChI=1S/C12H19N3O3S2.ClH/c1-13-20(17,18)11-6-5-9(19-11)8-15-12(16)10-4-2-3-7-14-10;/h5-6,10,13-14H,2-4,7-8H2,1H3,(H,15,16);1H. The van der Waals surface area contributed by atoms with E-state index in [0.717, 1.165) is 30.7 Å². The lowest BCUT2D eigenvalue weighted by molar-refractivity contribution is -0.123. The van der Waals surface area contributed by atoms with Gasteiger partial charge in [0.05, 0.1) is 12.6 Å². The lowest BCUT2D eigenvalue weighted by atomic mass is 10.0. The van der Waals surface area contributed by atoms with E-state index in [9.17, 15) is 13.2 Å². The fourth-order valence-electron chi connectivity index (χ4n) is 2.07. The van der Waals surface area contributed by atoms with Gasteiger partial charge in [0.25, 0.3) is 0 Å². The minimum atomic E-state index is -3.39. The van der Waals surface area contributed by atoms with Crippen LogP contribution < -0.4 is 15.4 Å². The summed E-state index contributed by atoms with van der Waals surface area (Å²) in [6.45, 7) is 1.24. The van der Waals surface area contributed by atoms with E-state index in [1.54, 1.807) is 12.1 Å². The van der Waals surface area contributed by atoms with Crippen molar-refractivity contribution in [3.63, 3.8) is 0 Å². The second-order valence-electron chi connectivity index (χ2n) is 4.65. The summed E-state index contributed by atoms with van der Waals surface area (Å²) in [7, 11) is -2.01. The third-order valence-electron chi connectivity index (χ3n) is 3.23. The van der Waals surface area contributed by atoms with Crippen LogP contribution in [0.1, 0.15) is 24.1 Å². The van der Waals surface area contributed by atoms with E-state index in [-0.39, 0.29) is 28.6 Å². The highest BCUT2D eigenvalue weighted by Crippen LogP contribution is 2.21. The number of thiophene rings is 1. The van der Waals surface area contributed by atoms with Gasteiger partial charge in [0.15, 0.2) is 0 Å². The minimum absolute atomic E-state index is 0. The summed E-state index contributed by atoms with van der Waals surface area (Å²) in [6.07, 6.45) is 3.03. The van der Waals surface area contributed by atoms with E-state index in [4.69, 9.17) is 0 Å². The fraction of sp³-hybridized carbons (Fsp3) is 0.583. The minimum Gasteiger partial charge on any atom is -0.350 e. The molecule has 1 atom stereocenters. The Morgan fingerprint density at radius 3 is 2.81 bits per heavy atom. The van der Waals surface area contributed by atoms with E-state index in [1.807, 2.05) is 0 Å². The first-order chi connectivity index (χ1) is 9.53. The van der Waals surface area contributed by atoms with Gasteiger partial charge in [-0.3, -0.25) is 4.79 Å². The van der Waals surface area contributed by atoms with Crippen molar-refractivity contribution in [2.75, 3.05) is 13.6 Å². The molecule has 1 aliphatic rings. The molecule has 1 aromatic heterocycles. The highest BCUT2D eigenvalue weighted by atomic mass is 35.5. The molecule has 1 aliphatic heterocycles. The predicted molar refractivity (Wildman–Crippen MR) is 85.3 cm³/mol. The van der Waals surface area contributed by atoms with Gasteiger partial charge in [0, 0.05) is 4.88 Å². The molecule has 0 saturated carbocycles. The molecule has 1 saturated heterocycles. The number of carbonyl (C=O) groups is 1. The molecule has 2 heterocycles. The number of sulfonamides is 1. The number of halogens is 1. The highest BCUT2D eigenvalue weighted by Gasteiger charge is 2.20. The number of nitrogens with one attached hydrogen (secondary N) is 3. The smallest absolute Gasteiger partial charge is 0.249 e. The van der Waals surface area contributed by atoms with Crippen LogP contribution in [0.4, 0.5) is 0 Å².